The molecule has 2 heteroatoms. The summed E-state index contributed by atoms with van der Waals surface area (Å²) in [6.45, 7) is 3.62. The van der Waals surface area contributed by atoms with Crippen molar-refractivity contribution < 1.29 is 5.11 Å². The molecule has 1 aromatic rings. The van der Waals surface area contributed by atoms with Gasteiger partial charge in [0, 0.05) is 5.69 Å². The highest BCUT2D eigenvalue weighted by Gasteiger charge is 1.99. The van der Waals surface area contributed by atoms with Crippen LogP contribution in [0.1, 0.15) is 24.4 Å². The molecule has 0 radical (unpaired) electrons. The van der Waals surface area contributed by atoms with E-state index < -0.39 is 6.10 Å². The zero-order valence-corrected chi connectivity index (χ0v) is 6.20. The first-order chi connectivity index (χ1) is 4.70. The zero-order valence-electron chi connectivity index (χ0n) is 6.20. The number of aryl methyl sites for hydroxylation is 1. The third kappa shape index (κ3) is 1.54. The summed E-state index contributed by atoms with van der Waals surface area (Å²) in [5.41, 5.74) is 1.68. The van der Waals surface area contributed by atoms with E-state index in [0.717, 1.165) is 11.4 Å². The Morgan fingerprint density at radius 3 is 2.60 bits per heavy atom. The van der Waals surface area contributed by atoms with Crippen LogP contribution in [-0.2, 0) is 0 Å². The van der Waals surface area contributed by atoms with E-state index >= 15 is 0 Å². The second kappa shape index (κ2) is 2.80. The lowest BCUT2D eigenvalue weighted by molar-refractivity contribution is 0.194. The molecular weight excluding hydrogens is 126 g/mol. The molecule has 1 N–H and O–H groups in total. The molecule has 1 heterocycles. The highest BCUT2D eigenvalue weighted by molar-refractivity contribution is 5.11. The number of aliphatic hydroxyl groups is 1. The number of rotatable bonds is 1. The molecule has 0 saturated carbocycles. The first-order valence-electron chi connectivity index (χ1n) is 3.32. The summed E-state index contributed by atoms with van der Waals surface area (Å²) in [4.78, 5) is 4.12. The molecule has 0 unspecified atom stereocenters. The fourth-order valence-electron chi connectivity index (χ4n) is 0.797. The topological polar surface area (TPSA) is 33.1 Å². The van der Waals surface area contributed by atoms with Crippen LogP contribution in [0.3, 0.4) is 0 Å². The Kier molecular flexibility index (Phi) is 2.02. The van der Waals surface area contributed by atoms with Gasteiger partial charge in [0.1, 0.15) is 0 Å². The molecular formula is C8H11NO. The van der Waals surface area contributed by atoms with Crippen molar-refractivity contribution in [3.8, 4) is 0 Å². The van der Waals surface area contributed by atoms with Crippen molar-refractivity contribution in [3.63, 3.8) is 0 Å². The van der Waals surface area contributed by atoms with Crippen molar-refractivity contribution in [1.82, 2.24) is 4.98 Å². The normalized spacial score (nSPS) is 13.1. The van der Waals surface area contributed by atoms with Crippen LogP contribution in [0.5, 0.6) is 0 Å². The lowest BCUT2D eigenvalue weighted by atomic mass is 10.2. The third-order valence-electron chi connectivity index (χ3n) is 1.34. The summed E-state index contributed by atoms with van der Waals surface area (Å²) in [7, 11) is 0. The average molecular weight is 137 g/mol. The molecule has 0 aliphatic heterocycles. The van der Waals surface area contributed by atoms with Crippen LogP contribution in [0.2, 0.25) is 0 Å². The monoisotopic (exact) mass is 137 g/mol. The molecule has 0 aromatic carbocycles. The third-order valence-corrected chi connectivity index (χ3v) is 1.34. The molecule has 1 aromatic heterocycles. The number of aromatic nitrogens is 1. The van der Waals surface area contributed by atoms with Gasteiger partial charge in [0.05, 0.1) is 11.8 Å². The van der Waals surface area contributed by atoms with Crippen molar-refractivity contribution in [2.45, 2.75) is 20.0 Å². The van der Waals surface area contributed by atoms with Gasteiger partial charge in [-0.1, -0.05) is 6.07 Å². The van der Waals surface area contributed by atoms with E-state index in [0.29, 0.717) is 0 Å². The molecule has 0 bridgehead atoms. The summed E-state index contributed by atoms with van der Waals surface area (Å²) in [5.74, 6) is 0. The van der Waals surface area contributed by atoms with Gasteiger partial charge >= 0.3 is 0 Å². The minimum atomic E-state index is -0.458. The van der Waals surface area contributed by atoms with Crippen LogP contribution in [-0.4, -0.2) is 10.1 Å². The molecule has 1 atom stereocenters. The van der Waals surface area contributed by atoms with Crippen LogP contribution in [0.4, 0.5) is 0 Å². The maximum atomic E-state index is 9.09. The highest BCUT2D eigenvalue weighted by Crippen LogP contribution is 2.07. The summed E-state index contributed by atoms with van der Waals surface area (Å²) >= 11 is 0. The summed E-state index contributed by atoms with van der Waals surface area (Å²) in [6.07, 6.45) is -0.458. The van der Waals surface area contributed by atoms with Crippen molar-refractivity contribution in [3.05, 3.63) is 29.6 Å². The van der Waals surface area contributed by atoms with Gasteiger partial charge in [0.2, 0.25) is 0 Å². The van der Waals surface area contributed by atoms with E-state index in [4.69, 9.17) is 5.11 Å². The lowest BCUT2D eigenvalue weighted by Crippen LogP contribution is -1.95. The van der Waals surface area contributed by atoms with E-state index in [-0.39, 0.29) is 0 Å². The SMILES string of the molecule is Cc1cccc([C@@H](C)O)n1. The largest absolute Gasteiger partial charge is 0.387 e. The van der Waals surface area contributed by atoms with Gasteiger partial charge < -0.3 is 5.11 Å². The Bertz CT molecular complexity index is 220. The lowest BCUT2D eigenvalue weighted by Gasteiger charge is -2.02. The fraction of sp³-hybridized carbons (Fsp3) is 0.375. The molecule has 0 aliphatic carbocycles. The van der Waals surface area contributed by atoms with Gasteiger partial charge in [0.25, 0.3) is 0 Å². The Morgan fingerprint density at radius 1 is 1.50 bits per heavy atom. The number of nitrogens with zero attached hydrogens (tertiary/aromatic N) is 1. The van der Waals surface area contributed by atoms with Crippen molar-refractivity contribution in [2.24, 2.45) is 0 Å². The Balaban J connectivity index is 2.96. The summed E-state index contributed by atoms with van der Waals surface area (Å²) in [6, 6.07) is 5.62. The van der Waals surface area contributed by atoms with Crippen LogP contribution >= 0.6 is 0 Å². The van der Waals surface area contributed by atoms with Gasteiger partial charge in [-0.3, -0.25) is 4.98 Å². The molecule has 54 valence electrons. The molecule has 10 heavy (non-hydrogen) atoms. The van der Waals surface area contributed by atoms with Gasteiger partial charge in [-0.15, -0.1) is 0 Å². The predicted octanol–water partition coefficient (Wildman–Crippen LogP) is 1.44. The minimum absolute atomic E-state index is 0.458. The minimum Gasteiger partial charge on any atom is -0.387 e. The maximum absolute atomic E-state index is 9.09. The van der Waals surface area contributed by atoms with Crippen LogP contribution in [0, 0.1) is 6.92 Å². The molecule has 0 saturated heterocycles. The predicted molar refractivity (Wildman–Crippen MR) is 39.6 cm³/mol. The molecule has 0 aliphatic rings. The second-order valence-corrected chi connectivity index (χ2v) is 2.38. The Labute approximate surface area is 60.5 Å². The highest BCUT2D eigenvalue weighted by atomic mass is 16.3. The molecule has 0 amide bonds. The van der Waals surface area contributed by atoms with Crippen LogP contribution in [0.25, 0.3) is 0 Å². The van der Waals surface area contributed by atoms with Gasteiger partial charge in [0.15, 0.2) is 0 Å². The smallest absolute Gasteiger partial charge is 0.0931 e. The van der Waals surface area contributed by atoms with Crippen LogP contribution < -0.4 is 0 Å². The molecule has 2 nitrogen and oxygen atoms in total. The van der Waals surface area contributed by atoms with Gasteiger partial charge in [-0.05, 0) is 26.0 Å². The van der Waals surface area contributed by atoms with Crippen LogP contribution in [0.15, 0.2) is 18.2 Å². The quantitative estimate of drug-likeness (QED) is 0.635. The Hall–Kier alpha value is -0.890. The first kappa shape index (κ1) is 7.22. The first-order valence-corrected chi connectivity index (χ1v) is 3.32. The van der Waals surface area contributed by atoms with E-state index in [2.05, 4.69) is 4.98 Å². The summed E-state index contributed by atoms with van der Waals surface area (Å²) < 4.78 is 0. The van der Waals surface area contributed by atoms with Crippen molar-refractivity contribution >= 4 is 0 Å². The van der Waals surface area contributed by atoms with Gasteiger partial charge in [-0.25, -0.2) is 0 Å². The number of aliphatic hydroxyl groups excluding tert-OH is 1. The maximum Gasteiger partial charge on any atom is 0.0931 e. The van der Waals surface area contributed by atoms with Crippen molar-refractivity contribution in [1.29, 1.82) is 0 Å². The standard InChI is InChI=1S/C8H11NO/c1-6-4-3-5-8(9-6)7(2)10/h3-5,7,10H,1-2H3/t7-/m1/s1. The number of hydrogen-bond acceptors (Lipinski definition) is 2. The van der Waals surface area contributed by atoms with E-state index in [1.165, 1.54) is 0 Å². The van der Waals surface area contributed by atoms with E-state index in [9.17, 15) is 0 Å². The molecule has 0 fully saturated rings. The van der Waals surface area contributed by atoms with Gasteiger partial charge in [-0.2, -0.15) is 0 Å². The molecule has 1 rings (SSSR count). The fourth-order valence-corrected chi connectivity index (χ4v) is 0.797. The number of pyridine rings is 1. The van der Waals surface area contributed by atoms with Crippen molar-refractivity contribution in [2.75, 3.05) is 0 Å². The van der Waals surface area contributed by atoms with E-state index in [1.54, 1.807) is 6.92 Å². The summed E-state index contributed by atoms with van der Waals surface area (Å²) in [5, 5.41) is 9.09. The molecule has 0 spiro atoms. The number of hydrogen-bond donors (Lipinski definition) is 1. The average Bonchev–Trinajstić information content (AvgIpc) is 1.88. The Morgan fingerprint density at radius 2 is 2.20 bits per heavy atom. The van der Waals surface area contributed by atoms with E-state index in [1.807, 2.05) is 25.1 Å². The zero-order chi connectivity index (χ0) is 7.56. The second-order valence-electron chi connectivity index (χ2n) is 2.38.